The largest absolute Gasteiger partial charge is 0.393 e. The molecule has 1 aliphatic heterocycles. The molecule has 0 aromatic carbocycles. The van der Waals surface area contributed by atoms with E-state index in [1.165, 1.54) is 6.20 Å². The maximum atomic E-state index is 11.8. The van der Waals surface area contributed by atoms with Crippen molar-refractivity contribution in [3.05, 3.63) is 22.2 Å². The van der Waals surface area contributed by atoms with Crippen LogP contribution >= 0.6 is 0 Å². The van der Waals surface area contributed by atoms with Gasteiger partial charge in [0.15, 0.2) is 0 Å². The number of aliphatic hydroxyl groups is 3. The zero-order valence-corrected chi connectivity index (χ0v) is 9.78. The maximum absolute atomic E-state index is 11.8. The van der Waals surface area contributed by atoms with Crippen LogP contribution in [0.2, 0.25) is 0 Å². The SMILES string of the molecule is Cc1cn([C@]2(O)[C@@H](O)CO[C@@H]2CO)c(=O)nc1N. The molecule has 1 aromatic heterocycles. The molecule has 1 saturated heterocycles. The lowest BCUT2D eigenvalue weighted by atomic mass is 10.0. The van der Waals surface area contributed by atoms with E-state index in [2.05, 4.69) is 4.98 Å². The Morgan fingerprint density at radius 2 is 2.39 bits per heavy atom. The van der Waals surface area contributed by atoms with Crippen LogP contribution in [0.3, 0.4) is 0 Å². The van der Waals surface area contributed by atoms with Gasteiger partial charge in [-0.05, 0) is 6.92 Å². The van der Waals surface area contributed by atoms with Gasteiger partial charge < -0.3 is 25.8 Å². The van der Waals surface area contributed by atoms with E-state index in [1.54, 1.807) is 6.92 Å². The van der Waals surface area contributed by atoms with Crippen LogP contribution in [-0.4, -0.2) is 50.3 Å². The molecule has 2 rings (SSSR count). The zero-order valence-electron chi connectivity index (χ0n) is 9.78. The van der Waals surface area contributed by atoms with Crippen LogP contribution < -0.4 is 11.4 Å². The Balaban J connectivity index is 2.59. The van der Waals surface area contributed by atoms with Gasteiger partial charge >= 0.3 is 5.69 Å². The van der Waals surface area contributed by atoms with Crippen LogP contribution in [0.1, 0.15) is 5.56 Å². The number of rotatable bonds is 2. The van der Waals surface area contributed by atoms with E-state index >= 15 is 0 Å². The Kier molecular flexibility index (Phi) is 3.11. The molecule has 0 radical (unpaired) electrons. The van der Waals surface area contributed by atoms with Gasteiger partial charge in [-0.3, -0.25) is 4.57 Å². The normalized spacial score (nSPS) is 31.8. The highest BCUT2D eigenvalue weighted by molar-refractivity contribution is 5.35. The third kappa shape index (κ3) is 1.70. The highest BCUT2D eigenvalue weighted by Crippen LogP contribution is 2.30. The second-order valence-electron chi connectivity index (χ2n) is 4.27. The van der Waals surface area contributed by atoms with Crippen molar-refractivity contribution in [3.8, 4) is 0 Å². The fourth-order valence-corrected chi connectivity index (χ4v) is 1.99. The van der Waals surface area contributed by atoms with Crippen molar-refractivity contribution < 1.29 is 20.1 Å². The van der Waals surface area contributed by atoms with Gasteiger partial charge in [0.05, 0.1) is 13.2 Å². The molecule has 18 heavy (non-hydrogen) atoms. The fraction of sp³-hybridized carbons (Fsp3) is 0.600. The summed E-state index contributed by atoms with van der Waals surface area (Å²) in [5, 5.41) is 29.4. The Morgan fingerprint density at radius 1 is 1.72 bits per heavy atom. The number of aryl methyl sites for hydroxylation is 1. The molecule has 8 heteroatoms. The van der Waals surface area contributed by atoms with Crippen molar-refractivity contribution in [1.29, 1.82) is 0 Å². The monoisotopic (exact) mass is 257 g/mol. The van der Waals surface area contributed by atoms with E-state index in [0.717, 1.165) is 4.57 Å². The third-order valence-electron chi connectivity index (χ3n) is 3.12. The Morgan fingerprint density at radius 3 is 3.00 bits per heavy atom. The molecular weight excluding hydrogens is 242 g/mol. The molecular formula is C10H15N3O5. The van der Waals surface area contributed by atoms with Crippen molar-refractivity contribution in [2.24, 2.45) is 0 Å². The summed E-state index contributed by atoms with van der Waals surface area (Å²) in [5.74, 6) is 0.0498. The smallest absolute Gasteiger partial charge is 0.352 e. The van der Waals surface area contributed by atoms with Crippen LogP contribution in [0.5, 0.6) is 0 Å². The van der Waals surface area contributed by atoms with E-state index in [-0.39, 0.29) is 12.4 Å². The van der Waals surface area contributed by atoms with Gasteiger partial charge in [-0.2, -0.15) is 4.98 Å². The standard InChI is InChI=1S/C10H15N3O5/c1-5-2-13(9(16)12-8(5)11)10(17)6(15)4-18-7(10)3-14/h2,6-7,14-15,17H,3-4H2,1H3,(H2,11,12,16)/t6-,7+,10-/m0/s1. The first kappa shape index (κ1) is 13.0. The molecule has 1 fully saturated rings. The number of hydrogen-bond donors (Lipinski definition) is 4. The summed E-state index contributed by atoms with van der Waals surface area (Å²) in [5.41, 5.74) is 3.09. The Labute approximate surface area is 102 Å². The molecule has 0 spiro atoms. The van der Waals surface area contributed by atoms with Crippen LogP contribution in [-0.2, 0) is 10.5 Å². The topological polar surface area (TPSA) is 131 Å². The number of anilines is 1. The molecule has 100 valence electrons. The summed E-state index contributed by atoms with van der Waals surface area (Å²) in [7, 11) is 0. The number of nitrogens with zero attached hydrogens (tertiary/aromatic N) is 2. The van der Waals surface area contributed by atoms with E-state index < -0.39 is 30.2 Å². The summed E-state index contributed by atoms with van der Waals surface area (Å²) in [4.78, 5) is 15.3. The minimum absolute atomic E-state index is 0.0498. The van der Waals surface area contributed by atoms with Gasteiger partial charge in [0.2, 0.25) is 5.72 Å². The summed E-state index contributed by atoms with van der Waals surface area (Å²) in [6.07, 6.45) is -1.15. The molecule has 3 atom stereocenters. The van der Waals surface area contributed by atoms with Crippen molar-refractivity contribution in [3.63, 3.8) is 0 Å². The van der Waals surface area contributed by atoms with Gasteiger partial charge in [0, 0.05) is 11.8 Å². The van der Waals surface area contributed by atoms with Crippen LogP contribution in [0.4, 0.5) is 5.82 Å². The maximum Gasteiger partial charge on any atom is 0.352 e. The molecule has 0 saturated carbocycles. The lowest BCUT2D eigenvalue weighted by molar-refractivity contribution is -0.153. The van der Waals surface area contributed by atoms with E-state index in [4.69, 9.17) is 15.6 Å². The Bertz CT molecular complexity index is 517. The van der Waals surface area contributed by atoms with Gasteiger partial charge in [0.25, 0.3) is 0 Å². The second kappa shape index (κ2) is 4.32. The van der Waals surface area contributed by atoms with Gasteiger partial charge in [-0.25, -0.2) is 4.79 Å². The minimum atomic E-state index is -2.04. The molecule has 1 aromatic rings. The summed E-state index contributed by atoms with van der Waals surface area (Å²) in [6, 6.07) is 0. The van der Waals surface area contributed by atoms with Crippen LogP contribution in [0.25, 0.3) is 0 Å². The molecule has 1 aliphatic rings. The van der Waals surface area contributed by atoms with Crippen molar-refractivity contribution in [2.75, 3.05) is 18.9 Å². The number of ether oxygens (including phenoxy) is 1. The predicted molar refractivity (Wildman–Crippen MR) is 60.7 cm³/mol. The van der Waals surface area contributed by atoms with Gasteiger partial charge in [-0.1, -0.05) is 0 Å². The first-order valence-electron chi connectivity index (χ1n) is 5.40. The second-order valence-corrected chi connectivity index (χ2v) is 4.27. The van der Waals surface area contributed by atoms with Crippen molar-refractivity contribution in [2.45, 2.75) is 24.9 Å². The molecule has 0 aliphatic carbocycles. The molecule has 0 bridgehead atoms. The Hall–Kier alpha value is -1.48. The third-order valence-corrected chi connectivity index (χ3v) is 3.12. The van der Waals surface area contributed by atoms with Crippen LogP contribution in [0, 0.1) is 6.92 Å². The number of hydrogen-bond acceptors (Lipinski definition) is 7. The molecule has 0 amide bonds. The average molecular weight is 257 g/mol. The number of aliphatic hydroxyl groups excluding tert-OH is 2. The number of nitrogen functional groups attached to an aromatic ring is 1. The number of aromatic nitrogens is 2. The highest BCUT2D eigenvalue weighted by Gasteiger charge is 2.52. The molecule has 0 unspecified atom stereocenters. The summed E-state index contributed by atoms with van der Waals surface area (Å²) >= 11 is 0. The lowest BCUT2D eigenvalue weighted by Crippen LogP contribution is -2.55. The van der Waals surface area contributed by atoms with E-state index in [9.17, 15) is 15.0 Å². The van der Waals surface area contributed by atoms with Gasteiger partial charge in [0.1, 0.15) is 18.0 Å². The summed E-state index contributed by atoms with van der Waals surface area (Å²) in [6.45, 7) is 0.888. The fourth-order valence-electron chi connectivity index (χ4n) is 1.99. The highest BCUT2D eigenvalue weighted by atomic mass is 16.6. The van der Waals surface area contributed by atoms with Crippen LogP contribution in [0.15, 0.2) is 11.0 Å². The summed E-state index contributed by atoms with van der Waals surface area (Å²) < 4.78 is 5.89. The van der Waals surface area contributed by atoms with E-state index in [1.807, 2.05) is 0 Å². The van der Waals surface area contributed by atoms with Crippen molar-refractivity contribution in [1.82, 2.24) is 9.55 Å². The lowest BCUT2D eigenvalue weighted by Gasteiger charge is -2.31. The minimum Gasteiger partial charge on any atom is -0.393 e. The number of nitrogens with two attached hydrogens (primary N) is 1. The average Bonchev–Trinajstić information content (AvgIpc) is 2.61. The quantitative estimate of drug-likeness (QED) is 0.461. The molecule has 2 heterocycles. The molecule has 5 N–H and O–H groups in total. The molecule has 8 nitrogen and oxygen atoms in total. The first-order chi connectivity index (χ1) is 8.41. The van der Waals surface area contributed by atoms with E-state index in [0.29, 0.717) is 5.56 Å². The first-order valence-corrected chi connectivity index (χ1v) is 5.40. The van der Waals surface area contributed by atoms with Gasteiger partial charge in [-0.15, -0.1) is 0 Å². The predicted octanol–water partition coefficient (Wildman–Crippen LogP) is -2.47. The zero-order chi connectivity index (χ0) is 13.5. The van der Waals surface area contributed by atoms with Crippen molar-refractivity contribution >= 4 is 5.82 Å².